The van der Waals surface area contributed by atoms with Gasteiger partial charge in [-0.15, -0.1) is 0 Å². The largest absolute Gasteiger partial charge is 0.355 e. The number of unbranched alkanes of at least 4 members (excludes halogenated alkanes) is 28. The van der Waals surface area contributed by atoms with Gasteiger partial charge in [0.2, 0.25) is 11.8 Å². The molecule has 0 aromatic heterocycles. The van der Waals surface area contributed by atoms with Gasteiger partial charge >= 0.3 is 0 Å². The van der Waals surface area contributed by atoms with Crippen molar-refractivity contribution < 1.29 is 9.59 Å². The fourth-order valence-corrected chi connectivity index (χ4v) is 6.80. The second-order valence-electron chi connectivity index (χ2n) is 15.3. The van der Waals surface area contributed by atoms with Crippen molar-refractivity contribution in [1.29, 1.82) is 0 Å². The summed E-state index contributed by atoms with van der Waals surface area (Å²) < 4.78 is 0. The third-order valence-electron chi connectivity index (χ3n) is 10.2. The Morgan fingerprint density at radius 1 is 0.275 bits per heavy atom. The number of hydrogen-bond acceptors (Lipinski definition) is 5. The van der Waals surface area contributed by atoms with Crippen LogP contribution in [0.2, 0.25) is 0 Å². The van der Waals surface area contributed by atoms with Crippen molar-refractivity contribution in [3.8, 4) is 0 Å². The van der Waals surface area contributed by atoms with Crippen molar-refractivity contribution in [1.82, 2.24) is 26.6 Å². The SMILES string of the molecule is CCCCCCCCCCCCCCCCCC(=O)NCCNCCNCCNCCNC(=O)CCCCCCCCCCCCCCCCC. The summed E-state index contributed by atoms with van der Waals surface area (Å²) in [6, 6.07) is 0. The van der Waals surface area contributed by atoms with Crippen LogP contribution in [0.3, 0.4) is 0 Å². The van der Waals surface area contributed by atoms with E-state index in [4.69, 9.17) is 0 Å². The molecule has 0 unspecified atom stereocenters. The van der Waals surface area contributed by atoms with E-state index < -0.39 is 0 Å². The summed E-state index contributed by atoms with van der Waals surface area (Å²) in [4.78, 5) is 24.1. The Balaban J connectivity index is 3.22. The molecule has 51 heavy (non-hydrogen) atoms. The molecule has 2 amide bonds. The first-order valence-corrected chi connectivity index (χ1v) is 22.9. The van der Waals surface area contributed by atoms with E-state index in [9.17, 15) is 9.59 Å². The maximum absolute atomic E-state index is 12.1. The predicted molar refractivity (Wildman–Crippen MR) is 224 cm³/mol. The van der Waals surface area contributed by atoms with Crippen LogP contribution in [-0.2, 0) is 9.59 Å². The lowest BCUT2D eigenvalue weighted by Gasteiger charge is -2.09. The maximum Gasteiger partial charge on any atom is 0.220 e. The van der Waals surface area contributed by atoms with Crippen molar-refractivity contribution in [2.75, 3.05) is 52.4 Å². The highest BCUT2D eigenvalue weighted by atomic mass is 16.2. The maximum atomic E-state index is 12.1. The van der Waals surface area contributed by atoms with Crippen LogP contribution in [0.15, 0.2) is 0 Å². The minimum absolute atomic E-state index is 0.192. The lowest BCUT2D eigenvalue weighted by Crippen LogP contribution is -2.37. The molecule has 0 aliphatic carbocycles. The smallest absolute Gasteiger partial charge is 0.220 e. The Morgan fingerprint density at radius 2 is 0.471 bits per heavy atom. The number of nitrogens with one attached hydrogen (secondary N) is 5. The third kappa shape index (κ3) is 44.9. The number of amides is 2. The van der Waals surface area contributed by atoms with E-state index in [1.807, 2.05) is 0 Å². The van der Waals surface area contributed by atoms with Crippen LogP contribution in [0.1, 0.15) is 219 Å². The molecule has 0 aliphatic heterocycles. The lowest BCUT2D eigenvalue weighted by molar-refractivity contribution is -0.122. The first-order chi connectivity index (χ1) is 25.2. The summed E-state index contributed by atoms with van der Waals surface area (Å²) in [5, 5.41) is 16.3. The van der Waals surface area contributed by atoms with Crippen LogP contribution in [0, 0.1) is 0 Å². The fourth-order valence-electron chi connectivity index (χ4n) is 6.80. The molecule has 0 radical (unpaired) electrons. The molecule has 0 heterocycles. The number of rotatable bonds is 44. The highest BCUT2D eigenvalue weighted by Gasteiger charge is 2.02. The highest BCUT2D eigenvalue weighted by molar-refractivity contribution is 5.76. The first-order valence-electron chi connectivity index (χ1n) is 22.9. The molecule has 0 fully saturated rings. The van der Waals surface area contributed by atoms with E-state index in [0.717, 1.165) is 52.1 Å². The van der Waals surface area contributed by atoms with Gasteiger partial charge in [-0.2, -0.15) is 0 Å². The fraction of sp³-hybridized carbons (Fsp3) is 0.955. The normalized spacial score (nSPS) is 11.3. The summed E-state index contributed by atoms with van der Waals surface area (Å²) in [5.41, 5.74) is 0. The van der Waals surface area contributed by atoms with Crippen molar-refractivity contribution in [3.05, 3.63) is 0 Å². The Hall–Kier alpha value is -1.18. The van der Waals surface area contributed by atoms with Crippen LogP contribution in [0.25, 0.3) is 0 Å². The topological polar surface area (TPSA) is 94.3 Å². The van der Waals surface area contributed by atoms with Crippen LogP contribution in [0.4, 0.5) is 0 Å². The van der Waals surface area contributed by atoms with Gasteiger partial charge in [-0.05, 0) is 12.8 Å². The number of hydrogen-bond donors (Lipinski definition) is 5. The molecule has 0 saturated heterocycles. The minimum Gasteiger partial charge on any atom is -0.355 e. The molecule has 7 heteroatoms. The molecule has 304 valence electrons. The van der Waals surface area contributed by atoms with Crippen molar-refractivity contribution >= 4 is 11.8 Å². The van der Waals surface area contributed by atoms with E-state index >= 15 is 0 Å². The van der Waals surface area contributed by atoms with Gasteiger partial charge in [-0.25, -0.2) is 0 Å². The average Bonchev–Trinajstić information content (AvgIpc) is 3.13. The molecule has 0 aliphatic rings. The minimum atomic E-state index is 0.192. The second-order valence-corrected chi connectivity index (χ2v) is 15.3. The Kier molecular flexibility index (Phi) is 43.9. The number of carbonyl (C=O) groups excluding carboxylic acids is 2. The van der Waals surface area contributed by atoms with Crippen LogP contribution in [0.5, 0.6) is 0 Å². The molecule has 0 spiro atoms. The van der Waals surface area contributed by atoms with Gasteiger partial charge in [0.1, 0.15) is 0 Å². The Labute approximate surface area is 319 Å². The van der Waals surface area contributed by atoms with Gasteiger partial charge in [0.25, 0.3) is 0 Å². The number of carbonyl (C=O) groups is 2. The summed E-state index contributed by atoms with van der Waals surface area (Å²) >= 11 is 0. The molecular formula is C44H91N5O2. The van der Waals surface area contributed by atoms with Gasteiger partial charge in [-0.1, -0.05) is 194 Å². The molecule has 0 aromatic rings. The van der Waals surface area contributed by atoms with Crippen LogP contribution in [-0.4, -0.2) is 64.2 Å². The first kappa shape index (κ1) is 49.8. The van der Waals surface area contributed by atoms with Crippen molar-refractivity contribution in [2.45, 2.75) is 219 Å². The highest BCUT2D eigenvalue weighted by Crippen LogP contribution is 2.15. The molecule has 0 rings (SSSR count). The van der Waals surface area contributed by atoms with E-state index in [0.29, 0.717) is 25.9 Å². The monoisotopic (exact) mass is 722 g/mol. The summed E-state index contributed by atoms with van der Waals surface area (Å²) in [7, 11) is 0. The van der Waals surface area contributed by atoms with Crippen molar-refractivity contribution in [3.63, 3.8) is 0 Å². The van der Waals surface area contributed by atoms with E-state index in [1.54, 1.807) is 0 Å². The third-order valence-corrected chi connectivity index (χ3v) is 10.2. The Bertz CT molecular complexity index is 636. The van der Waals surface area contributed by atoms with Gasteiger partial charge in [0.05, 0.1) is 0 Å². The zero-order chi connectivity index (χ0) is 37.0. The van der Waals surface area contributed by atoms with Gasteiger partial charge in [0.15, 0.2) is 0 Å². The standard InChI is InChI=1S/C44H91N5O2/c1-3-5-7-9-11-13-15-17-19-21-23-25-27-29-31-33-43(50)48-41-39-46-37-35-45-36-38-47-40-42-49-44(51)34-32-30-28-26-24-22-20-18-16-14-12-10-8-6-4-2/h45-47H,3-42H2,1-2H3,(H,48,50)(H,49,51). The van der Waals surface area contributed by atoms with Gasteiger partial charge in [-0.3, -0.25) is 9.59 Å². The molecule has 7 nitrogen and oxygen atoms in total. The van der Waals surface area contributed by atoms with E-state index in [2.05, 4.69) is 40.4 Å². The summed E-state index contributed by atoms with van der Waals surface area (Å²) in [6.45, 7) is 11.2. The zero-order valence-electron chi connectivity index (χ0n) is 34.6. The molecule has 0 aromatic carbocycles. The van der Waals surface area contributed by atoms with Crippen LogP contribution < -0.4 is 26.6 Å². The second kappa shape index (κ2) is 45.0. The summed E-state index contributed by atoms with van der Waals surface area (Å²) in [5.74, 6) is 0.383. The lowest BCUT2D eigenvalue weighted by atomic mass is 10.0. The summed E-state index contributed by atoms with van der Waals surface area (Å²) in [6.07, 6.45) is 41.8. The van der Waals surface area contributed by atoms with Crippen LogP contribution >= 0.6 is 0 Å². The molecular weight excluding hydrogens is 631 g/mol. The van der Waals surface area contributed by atoms with E-state index in [1.165, 1.54) is 180 Å². The Morgan fingerprint density at radius 3 is 0.706 bits per heavy atom. The van der Waals surface area contributed by atoms with Gasteiger partial charge < -0.3 is 26.6 Å². The van der Waals surface area contributed by atoms with E-state index in [-0.39, 0.29) is 11.8 Å². The average molecular weight is 722 g/mol. The van der Waals surface area contributed by atoms with Crippen molar-refractivity contribution in [2.24, 2.45) is 0 Å². The quantitative estimate of drug-likeness (QED) is 0.0404. The zero-order valence-corrected chi connectivity index (χ0v) is 34.6. The molecule has 0 bridgehead atoms. The van der Waals surface area contributed by atoms with Gasteiger partial charge in [0, 0.05) is 65.2 Å². The predicted octanol–water partition coefficient (Wildman–Crippen LogP) is 10.5. The molecule has 5 N–H and O–H groups in total. The molecule has 0 saturated carbocycles. The molecule has 0 atom stereocenters.